The van der Waals surface area contributed by atoms with E-state index >= 15 is 0 Å². The molecule has 0 aliphatic heterocycles. The van der Waals surface area contributed by atoms with E-state index in [0.29, 0.717) is 0 Å². The predicted octanol–water partition coefficient (Wildman–Crippen LogP) is -1.86. The zero-order valence-corrected chi connectivity index (χ0v) is 14.7. The number of hydrogen-bond donors (Lipinski definition) is 2. The molecule has 7 nitrogen and oxygen atoms in total. The maximum atomic E-state index is 11.2. The average molecular weight is 334 g/mol. The van der Waals surface area contributed by atoms with E-state index in [0.717, 1.165) is 18.2 Å². The molecule has 2 aromatic rings. The maximum absolute atomic E-state index is 11.2. The maximum Gasteiger partial charge on any atom is 1.00 e. The number of carbonyl (C=O) groups is 2. The third kappa shape index (κ3) is 3.89. The van der Waals surface area contributed by atoms with E-state index in [2.05, 4.69) is 0 Å². The summed E-state index contributed by atoms with van der Waals surface area (Å²) >= 11 is 0. The van der Waals surface area contributed by atoms with E-state index in [1.54, 1.807) is 0 Å². The second-order valence-corrected chi connectivity index (χ2v) is 5.32. The van der Waals surface area contributed by atoms with Gasteiger partial charge in [0.2, 0.25) is 0 Å². The van der Waals surface area contributed by atoms with Crippen LogP contribution in [0.4, 0.5) is 0 Å². The van der Waals surface area contributed by atoms with Gasteiger partial charge in [0.05, 0.1) is 16.0 Å². The van der Waals surface area contributed by atoms with Crippen LogP contribution >= 0.6 is 0 Å². The number of benzene rings is 2. The van der Waals surface area contributed by atoms with Crippen molar-refractivity contribution in [1.29, 1.82) is 0 Å². The average Bonchev–Trinajstić information content (AvgIpc) is 2.35. The van der Waals surface area contributed by atoms with Gasteiger partial charge in [-0.05, 0) is 29.7 Å². The van der Waals surface area contributed by atoms with E-state index in [9.17, 15) is 22.6 Å². The Balaban J connectivity index is 0.00000220. The molecule has 0 atom stereocenters. The first-order valence-electron chi connectivity index (χ1n) is 5.20. The van der Waals surface area contributed by atoms with Gasteiger partial charge < -0.3 is 14.8 Å². The minimum absolute atomic E-state index is 0. The second-order valence-electron chi connectivity index (χ2n) is 3.97. The molecule has 0 aliphatic rings. The quantitative estimate of drug-likeness (QED) is 0.497. The fourth-order valence-corrected chi connectivity index (χ4v) is 2.50. The second kappa shape index (κ2) is 6.52. The molecule has 21 heavy (non-hydrogen) atoms. The largest absolute Gasteiger partial charge is 1.00 e. The molecule has 0 bridgehead atoms. The van der Waals surface area contributed by atoms with Crippen molar-refractivity contribution in [3.63, 3.8) is 0 Å². The molecule has 2 aromatic carbocycles. The monoisotopic (exact) mass is 334 g/mol. The molecule has 2 N–H and O–H groups in total. The zero-order chi connectivity index (χ0) is 15.1. The van der Waals surface area contributed by atoms with Crippen molar-refractivity contribution in [2.45, 2.75) is 4.90 Å². The Morgan fingerprint density at radius 2 is 1.52 bits per heavy atom. The number of carboxylic acid groups (broad SMARTS) is 2. The third-order valence-electron chi connectivity index (χ3n) is 2.68. The van der Waals surface area contributed by atoms with Gasteiger partial charge in [-0.1, -0.05) is 6.07 Å². The van der Waals surface area contributed by atoms with E-state index in [-0.39, 0.29) is 73.3 Å². The van der Waals surface area contributed by atoms with Gasteiger partial charge in [-0.3, -0.25) is 0 Å². The van der Waals surface area contributed by atoms with Gasteiger partial charge in [0.15, 0.2) is 0 Å². The first-order valence-corrected chi connectivity index (χ1v) is 6.61. The molecular formula is C12H7KO7S. The SMILES string of the molecule is O=C(O)c1cc(S(=O)(=O)[O-])c2cc(C(=O)O)ccc2c1.[K+]. The van der Waals surface area contributed by atoms with Crippen LogP contribution in [0, 0.1) is 0 Å². The summed E-state index contributed by atoms with van der Waals surface area (Å²) in [6.07, 6.45) is 0. The van der Waals surface area contributed by atoms with E-state index < -0.39 is 27.0 Å². The van der Waals surface area contributed by atoms with Gasteiger partial charge in [0.25, 0.3) is 0 Å². The molecule has 0 amide bonds. The van der Waals surface area contributed by atoms with Crippen molar-refractivity contribution < 1.29 is 84.2 Å². The van der Waals surface area contributed by atoms with Crippen molar-refractivity contribution in [3.8, 4) is 0 Å². The fraction of sp³-hybridized carbons (Fsp3) is 0. The Morgan fingerprint density at radius 3 is 2.00 bits per heavy atom. The van der Waals surface area contributed by atoms with Crippen LogP contribution in [-0.2, 0) is 10.1 Å². The Labute approximate surface area is 161 Å². The first-order chi connectivity index (χ1) is 9.20. The molecule has 0 radical (unpaired) electrons. The van der Waals surface area contributed by atoms with Crippen LogP contribution in [0.5, 0.6) is 0 Å². The van der Waals surface area contributed by atoms with E-state index in [1.165, 1.54) is 12.1 Å². The zero-order valence-electron chi connectivity index (χ0n) is 10.7. The van der Waals surface area contributed by atoms with Crippen LogP contribution in [0.2, 0.25) is 0 Å². The third-order valence-corrected chi connectivity index (χ3v) is 3.56. The van der Waals surface area contributed by atoms with Gasteiger partial charge >= 0.3 is 63.3 Å². The van der Waals surface area contributed by atoms with Gasteiger partial charge in [-0.2, -0.15) is 0 Å². The number of hydrogen-bond acceptors (Lipinski definition) is 5. The van der Waals surface area contributed by atoms with Gasteiger partial charge in [-0.25, -0.2) is 18.0 Å². The molecule has 0 saturated heterocycles. The summed E-state index contributed by atoms with van der Waals surface area (Å²) < 4.78 is 33.6. The number of aromatic carboxylic acids is 2. The molecule has 104 valence electrons. The predicted molar refractivity (Wildman–Crippen MR) is 65.8 cm³/mol. The van der Waals surface area contributed by atoms with Crippen LogP contribution in [0.25, 0.3) is 10.8 Å². The van der Waals surface area contributed by atoms with Gasteiger partial charge in [0, 0.05) is 5.39 Å². The van der Waals surface area contributed by atoms with Crippen LogP contribution in [0.1, 0.15) is 20.7 Å². The topological polar surface area (TPSA) is 132 Å². The summed E-state index contributed by atoms with van der Waals surface area (Å²) in [6, 6.07) is 5.35. The van der Waals surface area contributed by atoms with Crippen molar-refractivity contribution in [3.05, 3.63) is 41.5 Å². The molecule has 0 unspecified atom stereocenters. The normalized spacial score (nSPS) is 10.9. The molecule has 0 fully saturated rings. The Bertz CT molecular complexity index is 842. The van der Waals surface area contributed by atoms with E-state index in [4.69, 9.17) is 10.2 Å². The molecule has 0 saturated carbocycles. The Morgan fingerprint density at radius 1 is 0.952 bits per heavy atom. The first kappa shape index (κ1) is 18.2. The molecule has 9 heteroatoms. The minimum atomic E-state index is -4.93. The molecule has 2 rings (SSSR count). The van der Waals surface area contributed by atoms with E-state index in [1.807, 2.05) is 0 Å². The van der Waals surface area contributed by atoms with Gasteiger partial charge in [-0.15, -0.1) is 0 Å². The van der Waals surface area contributed by atoms with Crippen LogP contribution in [0.3, 0.4) is 0 Å². The van der Waals surface area contributed by atoms with Crippen LogP contribution in [0.15, 0.2) is 35.2 Å². The summed E-state index contributed by atoms with van der Waals surface area (Å²) in [4.78, 5) is 21.0. The van der Waals surface area contributed by atoms with Crippen molar-refractivity contribution >= 4 is 32.8 Å². The standard InChI is InChI=1S/C12H8O7S.K/c13-11(14)7-2-1-6-3-8(12(15)16)5-10(9(6)4-7)20(17,18)19;/h1-5H,(H,13,14)(H,15,16)(H,17,18,19);/q;+1/p-1. The number of fused-ring (bicyclic) bond motifs is 1. The minimum Gasteiger partial charge on any atom is -0.744 e. The fourth-order valence-electron chi connectivity index (χ4n) is 1.79. The van der Waals surface area contributed by atoms with Crippen molar-refractivity contribution in [2.75, 3.05) is 0 Å². The van der Waals surface area contributed by atoms with Crippen molar-refractivity contribution in [1.82, 2.24) is 0 Å². The molecule has 0 aliphatic carbocycles. The number of carboxylic acids is 2. The summed E-state index contributed by atoms with van der Waals surface area (Å²) in [5.41, 5.74) is -0.569. The summed E-state index contributed by atoms with van der Waals surface area (Å²) in [5, 5.41) is 17.8. The molecule has 0 spiro atoms. The van der Waals surface area contributed by atoms with Crippen LogP contribution in [-0.4, -0.2) is 35.1 Å². The molecule has 0 heterocycles. The van der Waals surface area contributed by atoms with Crippen molar-refractivity contribution in [2.24, 2.45) is 0 Å². The number of rotatable bonds is 3. The van der Waals surface area contributed by atoms with Crippen LogP contribution < -0.4 is 51.4 Å². The Hall–Kier alpha value is -0.814. The summed E-state index contributed by atoms with van der Waals surface area (Å²) in [5.74, 6) is -2.68. The molecule has 0 aromatic heterocycles. The van der Waals surface area contributed by atoms with Gasteiger partial charge in [0.1, 0.15) is 10.1 Å². The summed E-state index contributed by atoms with van der Waals surface area (Å²) in [6.45, 7) is 0. The molecular weight excluding hydrogens is 327 g/mol. The smallest absolute Gasteiger partial charge is 0.744 e. The summed E-state index contributed by atoms with van der Waals surface area (Å²) in [7, 11) is -4.93. The Kier molecular flexibility index (Phi) is 5.67.